The second-order valence-electron chi connectivity index (χ2n) is 5.83. The smallest absolute Gasteiger partial charge is 0.335 e. The second kappa shape index (κ2) is 8.39. The minimum Gasteiger partial charge on any atom is -0.335 e. The molecule has 0 aliphatic carbocycles. The molecular weight excluding hydrogens is 343 g/mol. The largest absolute Gasteiger partial charge is 0.416 e. The Hall–Kier alpha value is -3.01. The predicted octanol–water partition coefficient (Wildman–Crippen LogP) is 4.38. The number of alkyl halides is 3. The molecule has 1 N–H and O–H groups in total. The number of carbonyl (C=O) groups excluding carboxylic acids is 1. The van der Waals surface area contributed by atoms with Crippen LogP contribution in [0.4, 0.5) is 23.7 Å². The molecule has 0 bridgehead atoms. The van der Waals surface area contributed by atoms with Crippen LogP contribution in [-0.4, -0.2) is 18.6 Å². The molecule has 2 aromatic carbocycles. The zero-order valence-corrected chi connectivity index (χ0v) is 14.1. The minimum absolute atomic E-state index is 0.108. The van der Waals surface area contributed by atoms with Crippen LogP contribution in [0.3, 0.4) is 0 Å². The molecule has 26 heavy (non-hydrogen) atoms. The maximum Gasteiger partial charge on any atom is 0.416 e. The van der Waals surface area contributed by atoms with Crippen molar-refractivity contribution in [3.05, 3.63) is 65.7 Å². The van der Waals surface area contributed by atoms with Gasteiger partial charge in [-0.25, -0.2) is 4.79 Å². The lowest BCUT2D eigenvalue weighted by atomic mass is 10.1. The van der Waals surface area contributed by atoms with Gasteiger partial charge in [-0.15, -0.1) is 0 Å². The first-order chi connectivity index (χ1) is 12.3. The molecule has 2 aromatic rings. The van der Waals surface area contributed by atoms with Gasteiger partial charge in [-0.2, -0.15) is 18.4 Å². The second-order valence-corrected chi connectivity index (χ2v) is 5.83. The molecule has 0 aromatic heterocycles. The number of nitrogens with zero attached hydrogens (tertiary/aromatic N) is 2. The average Bonchev–Trinajstić information content (AvgIpc) is 2.60. The molecule has 136 valence electrons. The Balaban J connectivity index is 2.00. The zero-order valence-electron chi connectivity index (χ0n) is 14.1. The van der Waals surface area contributed by atoms with Gasteiger partial charge in [0, 0.05) is 11.7 Å². The highest BCUT2D eigenvalue weighted by Gasteiger charge is 2.30. The van der Waals surface area contributed by atoms with Gasteiger partial charge in [-0.05, 0) is 43.2 Å². The Bertz CT molecular complexity index is 767. The maximum atomic E-state index is 12.6. The van der Waals surface area contributed by atoms with Crippen LogP contribution in [-0.2, 0) is 12.6 Å². The summed E-state index contributed by atoms with van der Waals surface area (Å²) in [7, 11) is 0. The monoisotopic (exact) mass is 361 g/mol. The van der Waals surface area contributed by atoms with Gasteiger partial charge in [0.2, 0.25) is 0 Å². The summed E-state index contributed by atoms with van der Waals surface area (Å²) < 4.78 is 37.8. The molecule has 0 heterocycles. The van der Waals surface area contributed by atoms with Gasteiger partial charge in [0.1, 0.15) is 6.54 Å². The normalized spacial score (nSPS) is 12.1. The van der Waals surface area contributed by atoms with E-state index in [1.807, 2.05) is 6.07 Å². The molecular formula is C19H18F3N3O. The molecule has 0 saturated carbocycles. The highest BCUT2D eigenvalue weighted by atomic mass is 19.4. The molecule has 7 heteroatoms. The molecule has 0 aliphatic heterocycles. The Labute approximate surface area is 149 Å². The van der Waals surface area contributed by atoms with E-state index in [2.05, 4.69) is 5.32 Å². The third-order valence-corrected chi connectivity index (χ3v) is 3.73. The quantitative estimate of drug-likeness (QED) is 0.804. The van der Waals surface area contributed by atoms with Crippen molar-refractivity contribution in [2.45, 2.75) is 25.6 Å². The van der Waals surface area contributed by atoms with Gasteiger partial charge in [0.05, 0.1) is 11.6 Å². The fourth-order valence-electron chi connectivity index (χ4n) is 2.48. The van der Waals surface area contributed by atoms with Crippen LogP contribution in [0, 0.1) is 11.3 Å². The summed E-state index contributed by atoms with van der Waals surface area (Å²) in [5.41, 5.74) is 0.563. The highest BCUT2D eigenvalue weighted by Crippen LogP contribution is 2.29. The van der Waals surface area contributed by atoms with Crippen molar-refractivity contribution in [2.24, 2.45) is 0 Å². The molecule has 0 radical (unpaired) electrons. The minimum atomic E-state index is -4.37. The lowest BCUT2D eigenvalue weighted by Gasteiger charge is -2.23. The number of nitriles is 1. The van der Waals surface area contributed by atoms with E-state index in [1.54, 1.807) is 37.3 Å². The molecule has 4 nitrogen and oxygen atoms in total. The number of anilines is 1. The lowest BCUT2D eigenvalue weighted by Crippen LogP contribution is -2.45. The van der Waals surface area contributed by atoms with Crippen molar-refractivity contribution in [2.75, 3.05) is 11.4 Å². The molecule has 0 fully saturated rings. The summed E-state index contributed by atoms with van der Waals surface area (Å²) in [6.07, 6.45) is -4.00. The van der Waals surface area contributed by atoms with Gasteiger partial charge in [0.15, 0.2) is 0 Å². The Kier molecular flexibility index (Phi) is 6.23. The molecule has 2 amide bonds. The molecule has 2 rings (SSSR count). The number of amides is 2. The molecule has 0 unspecified atom stereocenters. The summed E-state index contributed by atoms with van der Waals surface area (Å²) in [6.45, 7) is 1.65. The van der Waals surface area contributed by atoms with E-state index in [4.69, 9.17) is 5.26 Å². The SMILES string of the molecule is C[C@H](Cc1ccc(C(F)(F)F)cc1)NC(=O)N(CC#N)c1ccccc1. The van der Waals surface area contributed by atoms with Crippen molar-refractivity contribution in [1.29, 1.82) is 5.26 Å². The first-order valence-corrected chi connectivity index (χ1v) is 7.97. The average molecular weight is 361 g/mol. The Morgan fingerprint density at radius 3 is 2.31 bits per heavy atom. The fourth-order valence-corrected chi connectivity index (χ4v) is 2.48. The third-order valence-electron chi connectivity index (χ3n) is 3.73. The molecule has 0 saturated heterocycles. The topological polar surface area (TPSA) is 56.1 Å². The van der Waals surface area contributed by atoms with Crippen molar-refractivity contribution < 1.29 is 18.0 Å². The zero-order chi connectivity index (χ0) is 19.2. The lowest BCUT2D eigenvalue weighted by molar-refractivity contribution is -0.137. The van der Waals surface area contributed by atoms with Crippen molar-refractivity contribution in [1.82, 2.24) is 5.32 Å². The molecule has 0 aliphatic rings. The fraction of sp³-hybridized carbons (Fsp3) is 0.263. The van der Waals surface area contributed by atoms with Crippen LogP contribution < -0.4 is 10.2 Å². The van der Waals surface area contributed by atoms with Crippen molar-refractivity contribution in [3.8, 4) is 6.07 Å². The van der Waals surface area contributed by atoms with Crippen LogP contribution in [0.25, 0.3) is 0 Å². The van der Waals surface area contributed by atoms with E-state index < -0.39 is 17.8 Å². The van der Waals surface area contributed by atoms with E-state index in [0.29, 0.717) is 17.7 Å². The van der Waals surface area contributed by atoms with Crippen LogP contribution in [0.2, 0.25) is 0 Å². The number of rotatable bonds is 5. The van der Waals surface area contributed by atoms with Crippen molar-refractivity contribution in [3.63, 3.8) is 0 Å². The van der Waals surface area contributed by atoms with Crippen molar-refractivity contribution >= 4 is 11.7 Å². The summed E-state index contributed by atoms with van der Waals surface area (Å²) >= 11 is 0. The standard InChI is InChI=1S/C19H18F3N3O/c1-14(13-15-7-9-16(10-8-15)19(20,21)22)24-18(26)25(12-11-23)17-5-3-2-4-6-17/h2-10,14H,12-13H2,1H3,(H,24,26)/t14-/m1/s1. The first-order valence-electron chi connectivity index (χ1n) is 7.97. The highest BCUT2D eigenvalue weighted by molar-refractivity contribution is 5.92. The van der Waals surface area contributed by atoms with E-state index in [9.17, 15) is 18.0 Å². The summed E-state index contributed by atoms with van der Waals surface area (Å²) in [5.74, 6) is 0. The molecule has 1 atom stereocenters. The van der Waals surface area contributed by atoms with Crippen LogP contribution in [0.1, 0.15) is 18.1 Å². The van der Waals surface area contributed by atoms with Crippen LogP contribution in [0.15, 0.2) is 54.6 Å². The molecule has 0 spiro atoms. The number of hydrogen-bond acceptors (Lipinski definition) is 2. The number of halogens is 3. The number of carbonyl (C=O) groups is 1. The maximum absolute atomic E-state index is 12.6. The van der Waals surface area contributed by atoms with Gasteiger partial charge in [0.25, 0.3) is 0 Å². The number of benzene rings is 2. The van der Waals surface area contributed by atoms with Gasteiger partial charge >= 0.3 is 12.2 Å². The Morgan fingerprint density at radius 1 is 1.15 bits per heavy atom. The summed E-state index contributed by atoms with van der Waals surface area (Å²) in [6, 6.07) is 14.8. The number of nitrogens with one attached hydrogen (secondary N) is 1. The Morgan fingerprint density at radius 2 is 1.77 bits per heavy atom. The van der Waals surface area contributed by atoms with Crippen LogP contribution in [0.5, 0.6) is 0 Å². The summed E-state index contributed by atoms with van der Waals surface area (Å²) in [5, 5.41) is 11.7. The first kappa shape index (κ1) is 19.3. The van der Waals surface area contributed by atoms with E-state index in [0.717, 1.165) is 12.1 Å². The predicted molar refractivity (Wildman–Crippen MR) is 92.5 cm³/mol. The number of urea groups is 1. The number of para-hydroxylation sites is 1. The van der Waals surface area contributed by atoms with Gasteiger partial charge < -0.3 is 5.32 Å². The van der Waals surface area contributed by atoms with E-state index >= 15 is 0 Å². The van der Waals surface area contributed by atoms with Crippen LogP contribution >= 0.6 is 0 Å². The summed E-state index contributed by atoms with van der Waals surface area (Å²) in [4.78, 5) is 13.7. The van der Waals surface area contributed by atoms with Gasteiger partial charge in [-0.1, -0.05) is 30.3 Å². The third kappa shape index (κ3) is 5.24. The van der Waals surface area contributed by atoms with E-state index in [-0.39, 0.29) is 12.6 Å². The van der Waals surface area contributed by atoms with Gasteiger partial charge in [-0.3, -0.25) is 4.90 Å². The van der Waals surface area contributed by atoms with E-state index in [1.165, 1.54) is 17.0 Å². The number of hydrogen-bond donors (Lipinski definition) is 1.